The SMILES string of the molecule is O=C(NCc1ccc(F)cc1)N[C@H]1COC2C1OC[C@H]2CCc1ccccc1. The summed E-state index contributed by atoms with van der Waals surface area (Å²) >= 11 is 0. The van der Waals surface area contributed by atoms with E-state index >= 15 is 0 Å². The number of urea groups is 1. The highest BCUT2D eigenvalue weighted by molar-refractivity contribution is 5.74. The molecule has 5 nitrogen and oxygen atoms in total. The summed E-state index contributed by atoms with van der Waals surface area (Å²) in [6.45, 7) is 1.47. The molecule has 2 N–H and O–H groups in total. The van der Waals surface area contributed by atoms with Crippen LogP contribution >= 0.6 is 0 Å². The number of carbonyl (C=O) groups excluding carboxylic acids is 1. The maximum absolute atomic E-state index is 12.9. The Morgan fingerprint density at radius 1 is 0.964 bits per heavy atom. The largest absolute Gasteiger partial charge is 0.373 e. The summed E-state index contributed by atoms with van der Waals surface area (Å²) < 4.78 is 24.9. The van der Waals surface area contributed by atoms with E-state index in [1.165, 1.54) is 17.7 Å². The van der Waals surface area contributed by atoms with Crippen molar-refractivity contribution in [1.82, 2.24) is 10.6 Å². The van der Waals surface area contributed by atoms with Gasteiger partial charge in [0.2, 0.25) is 0 Å². The zero-order valence-corrected chi connectivity index (χ0v) is 15.6. The number of ether oxygens (including phenoxy) is 2. The number of nitrogens with one attached hydrogen (secondary N) is 2. The first-order chi connectivity index (χ1) is 13.7. The van der Waals surface area contributed by atoms with Gasteiger partial charge in [0.15, 0.2) is 0 Å². The number of amides is 2. The van der Waals surface area contributed by atoms with Gasteiger partial charge in [0.1, 0.15) is 11.9 Å². The summed E-state index contributed by atoms with van der Waals surface area (Å²) in [7, 11) is 0. The average Bonchev–Trinajstić information content (AvgIpc) is 3.30. The second-order valence-electron chi connectivity index (χ2n) is 7.44. The molecule has 4 rings (SSSR count). The van der Waals surface area contributed by atoms with Crippen molar-refractivity contribution in [3.05, 3.63) is 71.5 Å². The Morgan fingerprint density at radius 3 is 2.50 bits per heavy atom. The Bertz CT molecular complexity index is 784. The molecule has 0 radical (unpaired) electrons. The van der Waals surface area contributed by atoms with Gasteiger partial charge in [-0.2, -0.15) is 0 Å². The van der Waals surface area contributed by atoms with Gasteiger partial charge in [0, 0.05) is 12.5 Å². The van der Waals surface area contributed by atoms with Crippen LogP contribution in [0.3, 0.4) is 0 Å². The van der Waals surface area contributed by atoms with Crippen LogP contribution in [0.15, 0.2) is 54.6 Å². The van der Waals surface area contributed by atoms with Crippen molar-refractivity contribution < 1.29 is 18.7 Å². The lowest BCUT2D eigenvalue weighted by Gasteiger charge is -2.18. The van der Waals surface area contributed by atoms with Gasteiger partial charge in [-0.3, -0.25) is 0 Å². The van der Waals surface area contributed by atoms with Crippen molar-refractivity contribution in [1.29, 1.82) is 0 Å². The van der Waals surface area contributed by atoms with Crippen LogP contribution < -0.4 is 10.6 Å². The van der Waals surface area contributed by atoms with E-state index in [0.717, 1.165) is 18.4 Å². The molecular weight excluding hydrogens is 359 g/mol. The topological polar surface area (TPSA) is 59.6 Å². The lowest BCUT2D eigenvalue weighted by Crippen LogP contribution is -2.48. The molecule has 6 heteroatoms. The van der Waals surface area contributed by atoms with Crippen LogP contribution in [0.4, 0.5) is 9.18 Å². The molecule has 2 saturated heterocycles. The van der Waals surface area contributed by atoms with Crippen LogP contribution in [0.25, 0.3) is 0 Å². The Kier molecular flexibility index (Phi) is 5.88. The minimum Gasteiger partial charge on any atom is -0.373 e. The van der Waals surface area contributed by atoms with E-state index in [-0.39, 0.29) is 30.1 Å². The van der Waals surface area contributed by atoms with Crippen molar-refractivity contribution in [3.8, 4) is 0 Å². The van der Waals surface area contributed by atoms with Gasteiger partial charge < -0.3 is 20.1 Å². The van der Waals surface area contributed by atoms with E-state index in [1.54, 1.807) is 12.1 Å². The van der Waals surface area contributed by atoms with Gasteiger partial charge in [-0.1, -0.05) is 42.5 Å². The maximum atomic E-state index is 12.9. The normalized spacial score (nSPS) is 26.0. The molecule has 0 saturated carbocycles. The average molecular weight is 384 g/mol. The molecular formula is C22H25FN2O3. The van der Waals surface area contributed by atoms with Crippen molar-refractivity contribution in [2.75, 3.05) is 13.2 Å². The molecule has 4 atom stereocenters. The highest BCUT2D eigenvalue weighted by atomic mass is 19.1. The molecule has 2 aliphatic heterocycles. The lowest BCUT2D eigenvalue weighted by molar-refractivity contribution is 0.0615. The highest BCUT2D eigenvalue weighted by Crippen LogP contribution is 2.33. The second kappa shape index (κ2) is 8.71. The summed E-state index contributed by atoms with van der Waals surface area (Å²) in [5.74, 6) is 0.0573. The summed E-state index contributed by atoms with van der Waals surface area (Å²) in [6, 6.07) is 16.1. The molecule has 2 fully saturated rings. The Hall–Kier alpha value is -2.44. The second-order valence-corrected chi connectivity index (χ2v) is 7.44. The van der Waals surface area contributed by atoms with E-state index in [0.29, 0.717) is 25.7 Å². The minimum atomic E-state index is -0.289. The lowest BCUT2D eigenvalue weighted by atomic mass is 9.93. The maximum Gasteiger partial charge on any atom is 0.315 e. The van der Waals surface area contributed by atoms with Crippen molar-refractivity contribution >= 4 is 6.03 Å². The number of benzene rings is 2. The first-order valence-electron chi connectivity index (χ1n) is 9.75. The van der Waals surface area contributed by atoms with Crippen LogP contribution in [0, 0.1) is 11.7 Å². The monoisotopic (exact) mass is 384 g/mol. The van der Waals surface area contributed by atoms with E-state index in [4.69, 9.17) is 9.47 Å². The molecule has 2 aromatic rings. The molecule has 0 spiro atoms. The van der Waals surface area contributed by atoms with Gasteiger partial charge in [-0.25, -0.2) is 9.18 Å². The van der Waals surface area contributed by atoms with Gasteiger partial charge in [-0.05, 0) is 36.1 Å². The molecule has 2 aromatic carbocycles. The number of fused-ring (bicyclic) bond motifs is 1. The molecule has 2 unspecified atom stereocenters. The fourth-order valence-corrected chi connectivity index (χ4v) is 3.95. The van der Waals surface area contributed by atoms with Crippen molar-refractivity contribution in [2.24, 2.45) is 5.92 Å². The minimum absolute atomic E-state index is 0.0334. The van der Waals surface area contributed by atoms with Crippen molar-refractivity contribution in [3.63, 3.8) is 0 Å². The zero-order chi connectivity index (χ0) is 19.3. The molecule has 0 aliphatic carbocycles. The predicted molar refractivity (Wildman–Crippen MR) is 103 cm³/mol. The van der Waals surface area contributed by atoms with Gasteiger partial charge in [0.05, 0.1) is 25.4 Å². The van der Waals surface area contributed by atoms with Crippen LogP contribution in [-0.4, -0.2) is 37.5 Å². The van der Waals surface area contributed by atoms with Gasteiger partial charge in [0.25, 0.3) is 0 Å². The number of carbonyl (C=O) groups is 1. The van der Waals surface area contributed by atoms with Crippen LogP contribution in [0.5, 0.6) is 0 Å². The molecule has 2 aliphatic rings. The molecule has 148 valence electrons. The molecule has 2 heterocycles. The predicted octanol–water partition coefficient (Wildman–Crippen LogP) is 3.04. The number of halogens is 1. The summed E-state index contributed by atoms with van der Waals surface area (Å²) in [5.41, 5.74) is 2.16. The first-order valence-corrected chi connectivity index (χ1v) is 9.75. The summed E-state index contributed by atoms with van der Waals surface area (Å²) in [4.78, 5) is 12.2. The zero-order valence-electron chi connectivity index (χ0n) is 15.6. The third-order valence-electron chi connectivity index (χ3n) is 5.49. The van der Waals surface area contributed by atoms with Crippen LogP contribution in [0.2, 0.25) is 0 Å². The Labute approximate surface area is 164 Å². The van der Waals surface area contributed by atoms with Crippen molar-refractivity contribution in [2.45, 2.75) is 37.6 Å². The molecule has 28 heavy (non-hydrogen) atoms. The third-order valence-corrected chi connectivity index (χ3v) is 5.49. The fraction of sp³-hybridized carbons (Fsp3) is 0.409. The smallest absolute Gasteiger partial charge is 0.315 e. The van der Waals surface area contributed by atoms with E-state index in [9.17, 15) is 9.18 Å². The summed E-state index contributed by atoms with van der Waals surface area (Å²) in [6.07, 6.45) is 1.94. The van der Waals surface area contributed by atoms with Crippen LogP contribution in [0.1, 0.15) is 17.5 Å². The molecule has 2 amide bonds. The van der Waals surface area contributed by atoms with Gasteiger partial charge >= 0.3 is 6.03 Å². The number of hydrogen-bond donors (Lipinski definition) is 2. The quantitative estimate of drug-likeness (QED) is 0.805. The highest BCUT2D eigenvalue weighted by Gasteiger charge is 2.47. The van der Waals surface area contributed by atoms with Gasteiger partial charge in [-0.15, -0.1) is 0 Å². The molecule has 0 bridgehead atoms. The first kappa shape index (κ1) is 18.9. The summed E-state index contributed by atoms with van der Waals surface area (Å²) in [5, 5.41) is 5.75. The Balaban J connectivity index is 1.23. The fourth-order valence-electron chi connectivity index (χ4n) is 3.95. The number of aryl methyl sites for hydroxylation is 1. The Morgan fingerprint density at radius 2 is 1.71 bits per heavy atom. The van der Waals surface area contributed by atoms with E-state index in [1.807, 2.05) is 6.07 Å². The number of hydrogen-bond acceptors (Lipinski definition) is 3. The third kappa shape index (κ3) is 4.51. The molecule has 0 aromatic heterocycles. The number of rotatable bonds is 6. The standard InChI is InChI=1S/C22H25FN2O3/c23-18-10-7-16(8-11-18)12-24-22(26)25-19-14-28-20-17(13-27-21(19)20)9-6-15-4-2-1-3-5-15/h1-5,7-8,10-11,17,19-21H,6,9,12-14H2,(H2,24,25,26)/t17-,19+,20?,21?/m1/s1. The van der Waals surface area contributed by atoms with E-state index in [2.05, 4.69) is 34.9 Å². The van der Waals surface area contributed by atoms with E-state index < -0.39 is 0 Å². The van der Waals surface area contributed by atoms with Crippen LogP contribution in [-0.2, 0) is 22.4 Å².